The van der Waals surface area contributed by atoms with Crippen LogP contribution in [0.1, 0.15) is 5.56 Å². The minimum Gasteiger partial charge on any atom is -0.508 e. The van der Waals surface area contributed by atoms with E-state index in [1.807, 2.05) is 18.2 Å². The number of aliphatic imine (C=N–C) groups is 1. The fourth-order valence-corrected chi connectivity index (χ4v) is 2.92. The highest BCUT2D eigenvalue weighted by molar-refractivity contribution is 8.18. The van der Waals surface area contributed by atoms with Gasteiger partial charge in [-0.3, -0.25) is 14.7 Å². The van der Waals surface area contributed by atoms with E-state index in [9.17, 15) is 9.90 Å². The normalized spacial score (nSPS) is 18.4. The van der Waals surface area contributed by atoms with E-state index >= 15 is 0 Å². The van der Waals surface area contributed by atoms with Crippen molar-refractivity contribution >= 4 is 34.6 Å². The van der Waals surface area contributed by atoms with Crippen molar-refractivity contribution in [2.45, 2.75) is 0 Å². The fraction of sp³-hybridized carbons (Fsp3) is 0.0625. The molecule has 110 valence electrons. The first kappa shape index (κ1) is 14.3. The molecule has 0 unspecified atom stereocenters. The Morgan fingerprint density at radius 1 is 1.27 bits per heavy atom. The van der Waals surface area contributed by atoms with Crippen LogP contribution in [0.25, 0.3) is 6.08 Å². The van der Waals surface area contributed by atoms with Crippen LogP contribution >= 0.6 is 11.8 Å². The fourth-order valence-electron chi connectivity index (χ4n) is 1.94. The molecule has 1 aromatic carbocycles. The molecule has 1 aromatic heterocycles. The Labute approximate surface area is 132 Å². The van der Waals surface area contributed by atoms with Crippen molar-refractivity contribution in [2.75, 3.05) is 7.05 Å². The van der Waals surface area contributed by atoms with Gasteiger partial charge < -0.3 is 5.11 Å². The number of hydrogen-bond acceptors (Lipinski definition) is 5. The molecule has 6 heteroatoms. The molecular formula is C16H13N3O2S. The van der Waals surface area contributed by atoms with E-state index < -0.39 is 0 Å². The van der Waals surface area contributed by atoms with Gasteiger partial charge in [0.1, 0.15) is 5.75 Å². The van der Waals surface area contributed by atoms with Gasteiger partial charge in [0.25, 0.3) is 5.91 Å². The maximum atomic E-state index is 12.3. The van der Waals surface area contributed by atoms with Gasteiger partial charge in [0.15, 0.2) is 5.17 Å². The number of carbonyl (C=O) groups excluding carboxylic acids is 1. The van der Waals surface area contributed by atoms with Crippen LogP contribution in [0.4, 0.5) is 5.69 Å². The van der Waals surface area contributed by atoms with Crippen LogP contribution < -0.4 is 0 Å². The molecule has 1 aliphatic rings. The molecular weight excluding hydrogens is 298 g/mol. The Morgan fingerprint density at radius 3 is 2.77 bits per heavy atom. The molecule has 0 bridgehead atoms. The monoisotopic (exact) mass is 311 g/mol. The molecule has 1 amide bonds. The van der Waals surface area contributed by atoms with Gasteiger partial charge in [-0.1, -0.05) is 6.07 Å². The highest BCUT2D eigenvalue weighted by Gasteiger charge is 2.30. The zero-order valence-electron chi connectivity index (χ0n) is 11.8. The number of pyridine rings is 1. The quantitative estimate of drug-likeness (QED) is 0.866. The van der Waals surface area contributed by atoms with E-state index in [1.165, 1.54) is 16.7 Å². The van der Waals surface area contributed by atoms with Crippen LogP contribution in [0.5, 0.6) is 5.75 Å². The van der Waals surface area contributed by atoms with Gasteiger partial charge >= 0.3 is 0 Å². The number of phenols is 1. The Morgan fingerprint density at radius 2 is 2.05 bits per heavy atom. The smallest absolute Gasteiger partial charge is 0.266 e. The van der Waals surface area contributed by atoms with Gasteiger partial charge in [0.2, 0.25) is 0 Å². The molecule has 0 saturated carbocycles. The number of thioether (sulfide) groups is 1. The van der Waals surface area contributed by atoms with Crippen molar-refractivity contribution in [2.24, 2.45) is 4.99 Å². The number of aromatic nitrogens is 1. The molecule has 0 radical (unpaired) electrons. The number of amidine groups is 1. The number of rotatable bonds is 2. The average molecular weight is 311 g/mol. The van der Waals surface area contributed by atoms with E-state index in [1.54, 1.807) is 43.7 Å². The molecule has 5 nitrogen and oxygen atoms in total. The molecule has 22 heavy (non-hydrogen) atoms. The first-order valence-electron chi connectivity index (χ1n) is 6.59. The second-order valence-corrected chi connectivity index (χ2v) is 5.68. The van der Waals surface area contributed by atoms with Crippen molar-refractivity contribution in [3.63, 3.8) is 0 Å². The molecule has 1 saturated heterocycles. The van der Waals surface area contributed by atoms with E-state index in [0.717, 1.165) is 5.56 Å². The Bertz CT molecular complexity index is 772. The van der Waals surface area contributed by atoms with Crippen molar-refractivity contribution in [1.82, 2.24) is 9.88 Å². The standard InChI is InChI=1S/C16H13N3O2S/c1-19-15(21)14(9-11-5-7-17-8-6-11)22-16(19)18-12-3-2-4-13(20)10-12/h2-10,20H,1H3/b14-9-,18-16?. The first-order valence-corrected chi connectivity index (χ1v) is 7.40. The summed E-state index contributed by atoms with van der Waals surface area (Å²) in [5, 5.41) is 10.1. The summed E-state index contributed by atoms with van der Waals surface area (Å²) in [7, 11) is 1.68. The Hall–Kier alpha value is -2.60. The Balaban J connectivity index is 1.90. The minimum absolute atomic E-state index is 0.0966. The number of nitrogens with zero attached hydrogens (tertiary/aromatic N) is 3. The summed E-state index contributed by atoms with van der Waals surface area (Å²) in [6, 6.07) is 10.3. The topological polar surface area (TPSA) is 65.8 Å². The number of benzene rings is 1. The predicted molar refractivity (Wildman–Crippen MR) is 87.8 cm³/mol. The highest BCUT2D eigenvalue weighted by Crippen LogP contribution is 2.33. The van der Waals surface area contributed by atoms with E-state index in [2.05, 4.69) is 9.98 Å². The number of amides is 1. The van der Waals surface area contributed by atoms with Crippen molar-refractivity contribution in [1.29, 1.82) is 0 Å². The molecule has 1 aliphatic heterocycles. The summed E-state index contributed by atoms with van der Waals surface area (Å²) in [5.41, 5.74) is 1.52. The highest BCUT2D eigenvalue weighted by atomic mass is 32.2. The number of carbonyl (C=O) groups is 1. The van der Waals surface area contributed by atoms with Gasteiger partial charge in [0, 0.05) is 25.5 Å². The molecule has 2 aromatic rings. The van der Waals surface area contributed by atoms with Crippen LogP contribution in [0, 0.1) is 0 Å². The van der Waals surface area contributed by atoms with Gasteiger partial charge in [-0.05, 0) is 47.7 Å². The third-order valence-electron chi connectivity index (χ3n) is 3.06. The van der Waals surface area contributed by atoms with E-state index in [-0.39, 0.29) is 11.7 Å². The third kappa shape index (κ3) is 3.01. The summed E-state index contributed by atoms with van der Waals surface area (Å²) in [4.78, 5) is 22.7. The molecule has 3 rings (SSSR count). The van der Waals surface area contributed by atoms with Crippen LogP contribution in [-0.2, 0) is 4.79 Å². The number of phenolic OH excluding ortho intramolecular Hbond substituents is 1. The molecule has 2 heterocycles. The third-order valence-corrected chi connectivity index (χ3v) is 4.12. The van der Waals surface area contributed by atoms with Crippen molar-refractivity contribution < 1.29 is 9.90 Å². The van der Waals surface area contributed by atoms with E-state index in [0.29, 0.717) is 15.8 Å². The molecule has 1 fully saturated rings. The number of likely N-dealkylation sites (N-methyl/N-ethyl adjacent to an activating group) is 1. The van der Waals surface area contributed by atoms with Crippen LogP contribution in [0.2, 0.25) is 0 Å². The van der Waals surface area contributed by atoms with Gasteiger partial charge in [0.05, 0.1) is 10.6 Å². The van der Waals surface area contributed by atoms with Crippen LogP contribution in [0.3, 0.4) is 0 Å². The lowest BCUT2D eigenvalue weighted by molar-refractivity contribution is -0.121. The maximum Gasteiger partial charge on any atom is 0.266 e. The summed E-state index contributed by atoms with van der Waals surface area (Å²) in [6.07, 6.45) is 5.18. The largest absolute Gasteiger partial charge is 0.508 e. The zero-order chi connectivity index (χ0) is 15.5. The second-order valence-electron chi connectivity index (χ2n) is 4.67. The lowest BCUT2D eigenvalue weighted by Gasteiger charge is -2.07. The number of aromatic hydroxyl groups is 1. The van der Waals surface area contributed by atoms with E-state index in [4.69, 9.17) is 0 Å². The first-order chi connectivity index (χ1) is 10.6. The predicted octanol–water partition coefficient (Wildman–Crippen LogP) is 3.02. The lowest BCUT2D eigenvalue weighted by atomic mass is 10.2. The Kier molecular flexibility index (Phi) is 3.93. The summed E-state index contributed by atoms with van der Waals surface area (Å²) in [5.74, 6) is 0.0482. The van der Waals surface area contributed by atoms with Crippen molar-refractivity contribution in [3.05, 3.63) is 59.3 Å². The van der Waals surface area contributed by atoms with Gasteiger partial charge in [-0.25, -0.2) is 4.99 Å². The molecule has 0 spiro atoms. The van der Waals surface area contributed by atoms with Crippen molar-refractivity contribution in [3.8, 4) is 5.75 Å². The van der Waals surface area contributed by atoms with Crippen LogP contribution in [0.15, 0.2) is 58.7 Å². The average Bonchev–Trinajstić information content (AvgIpc) is 2.77. The van der Waals surface area contributed by atoms with Crippen LogP contribution in [-0.4, -0.2) is 33.1 Å². The molecule has 1 N–H and O–H groups in total. The number of hydrogen-bond donors (Lipinski definition) is 1. The molecule has 0 atom stereocenters. The zero-order valence-corrected chi connectivity index (χ0v) is 12.6. The maximum absolute atomic E-state index is 12.3. The lowest BCUT2D eigenvalue weighted by Crippen LogP contribution is -2.23. The molecule has 0 aliphatic carbocycles. The summed E-state index contributed by atoms with van der Waals surface area (Å²) in [6.45, 7) is 0. The van der Waals surface area contributed by atoms with Gasteiger partial charge in [-0.15, -0.1) is 0 Å². The SMILES string of the molecule is CN1C(=O)/C(=C/c2ccncc2)SC1=Nc1cccc(O)c1. The summed E-state index contributed by atoms with van der Waals surface area (Å²) < 4.78 is 0. The summed E-state index contributed by atoms with van der Waals surface area (Å²) >= 11 is 1.31. The van der Waals surface area contributed by atoms with Gasteiger partial charge in [-0.2, -0.15) is 0 Å². The second kappa shape index (κ2) is 6.03. The minimum atomic E-state index is -0.0966.